The van der Waals surface area contributed by atoms with Gasteiger partial charge in [-0.2, -0.15) is 9.61 Å². The lowest BCUT2D eigenvalue weighted by Crippen LogP contribution is -2.29. The monoisotopic (exact) mass is 329 g/mol. The van der Waals surface area contributed by atoms with E-state index in [1.807, 2.05) is 37.1 Å². The minimum absolute atomic E-state index is 0.320. The Hall–Kier alpha value is -2.68. The molecule has 0 amide bonds. The number of rotatable bonds is 4. The molecule has 3 aromatic heterocycles. The minimum Gasteiger partial charge on any atom is -0.482 e. The molecule has 3 aromatic rings. The maximum atomic E-state index is 10.3. The summed E-state index contributed by atoms with van der Waals surface area (Å²) in [6, 6.07) is 3.75. The van der Waals surface area contributed by atoms with Crippen molar-refractivity contribution in [3.8, 4) is 5.75 Å². The Labute approximate surface area is 138 Å². The van der Waals surface area contributed by atoms with Gasteiger partial charge in [0.2, 0.25) is 0 Å². The molecule has 9 nitrogen and oxygen atoms in total. The summed E-state index contributed by atoms with van der Waals surface area (Å²) in [7, 11) is 0. The summed E-state index contributed by atoms with van der Waals surface area (Å²) in [5.41, 5.74) is 0.704. The molecule has 0 radical (unpaired) electrons. The number of anilines is 1. The van der Waals surface area contributed by atoms with Gasteiger partial charge in [-0.3, -0.25) is 4.68 Å². The van der Waals surface area contributed by atoms with Crippen molar-refractivity contribution < 1.29 is 9.84 Å². The van der Waals surface area contributed by atoms with E-state index in [1.54, 1.807) is 15.4 Å². The van der Waals surface area contributed by atoms with Gasteiger partial charge in [-0.1, -0.05) is 0 Å². The zero-order chi connectivity index (χ0) is 16.7. The molecule has 0 saturated carbocycles. The maximum absolute atomic E-state index is 10.3. The normalized spacial score (nSPS) is 20.9. The van der Waals surface area contributed by atoms with Crippen LogP contribution in [0.15, 0.2) is 24.5 Å². The predicted octanol–water partition coefficient (Wildman–Crippen LogP) is 0.278. The van der Waals surface area contributed by atoms with Gasteiger partial charge in [0.1, 0.15) is 18.0 Å². The lowest BCUT2D eigenvalue weighted by molar-refractivity contribution is 0.0737. The van der Waals surface area contributed by atoms with Gasteiger partial charge < -0.3 is 14.7 Å². The van der Waals surface area contributed by atoms with E-state index in [1.165, 1.54) is 0 Å². The van der Waals surface area contributed by atoms with Crippen LogP contribution in [0.3, 0.4) is 0 Å². The highest BCUT2D eigenvalue weighted by Crippen LogP contribution is 2.22. The van der Waals surface area contributed by atoms with Gasteiger partial charge in [-0.25, -0.2) is 0 Å². The van der Waals surface area contributed by atoms with E-state index in [9.17, 15) is 5.11 Å². The van der Waals surface area contributed by atoms with Gasteiger partial charge in [-0.05, 0) is 26.0 Å². The quantitative estimate of drug-likeness (QED) is 0.734. The van der Waals surface area contributed by atoms with Crippen LogP contribution < -0.4 is 9.64 Å². The van der Waals surface area contributed by atoms with Crippen LogP contribution in [0.1, 0.15) is 12.7 Å². The smallest absolute Gasteiger partial charge is 0.178 e. The molecule has 4 rings (SSSR count). The maximum Gasteiger partial charge on any atom is 0.178 e. The Morgan fingerprint density at radius 2 is 2.17 bits per heavy atom. The van der Waals surface area contributed by atoms with Crippen LogP contribution in [0.5, 0.6) is 5.75 Å². The highest BCUT2D eigenvalue weighted by Gasteiger charge is 2.34. The fourth-order valence-corrected chi connectivity index (χ4v) is 2.87. The number of hydrogen-bond acceptors (Lipinski definition) is 7. The number of ether oxygens (including phenoxy) is 1. The third kappa shape index (κ3) is 2.56. The van der Waals surface area contributed by atoms with Crippen molar-refractivity contribution in [2.45, 2.75) is 32.6 Å². The molecule has 24 heavy (non-hydrogen) atoms. The summed E-state index contributed by atoms with van der Waals surface area (Å²) < 4.78 is 9.37. The van der Waals surface area contributed by atoms with Crippen molar-refractivity contribution in [3.05, 3.63) is 30.4 Å². The number of aliphatic hydroxyl groups excluding tert-OH is 1. The van der Waals surface area contributed by atoms with Crippen LogP contribution >= 0.6 is 0 Å². The molecule has 1 aliphatic rings. The van der Waals surface area contributed by atoms with Crippen LogP contribution in [-0.4, -0.2) is 60.0 Å². The molecule has 1 aliphatic heterocycles. The lowest BCUT2D eigenvalue weighted by Gasteiger charge is -2.17. The highest BCUT2D eigenvalue weighted by atomic mass is 16.5. The van der Waals surface area contributed by atoms with Crippen molar-refractivity contribution >= 4 is 11.5 Å². The van der Waals surface area contributed by atoms with Gasteiger partial charge in [0.05, 0.1) is 18.9 Å². The van der Waals surface area contributed by atoms with Gasteiger partial charge in [0.25, 0.3) is 0 Å². The number of aryl methyl sites for hydroxylation is 2. The number of β-amino-alcohol motifs (C(OH)–C–C–N with tert-alkyl or cyclic N) is 1. The Bertz CT molecular complexity index is 859. The second kappa shape index (κ2) is 5.75. The molecule has 0 unspecified atom stereocenters. The van der Waals surface area contributed by atoms with Crippen molar-refractivity contribution in [3.63, 3.8) is 0 Å². The topological polar surface area (TPSA) is 93.6 Å². The van der Waals surface area contributed by atoms with Crippen LogP contribution in [-0.2, 0) is 6.54 Å². The fourth-order valence-electron chi connectivity index (χ4n) is 2.87. The molecule has 9 heteroatoms. The van der Waals surface area contributed by atoms with Gasteiger partial charge in [0, 0.05) is 13.1 Å². The molecule has 1 N–H and O–H groups in total. The summed E-state index contributed by atoms with van der Waals surface area (Å²) in [6.07, 6.45) is 2.60. The van der Waals surface area contributed by atoms with E-state index < -0.39 is 6.10 Å². The zero-order valence-corrected chi connectivity index (χ0v) is 13.6. The first-order valence-electron chi connectivity index (χ1n) is 7.95. The zero-order valence-electron chi connectivity index (χ0n) is 13.6. The molecule has 0 aliphatic carbocycles. The summed E-state index contributed by atoms with van der Waals surface area (Å²) in [5, 5.41) is 27.1. The van der Waals surface area contributed by atoms with Crippen LogP contribution in [0.25, 0.3) is 5.65 Å². The highest BCUT2D eigenvalue weighted by molar-refractivity contribution is 5.47. The van der Waals surface area contributed by atoms with Gasteiger partial charge in [0.15, 0.2) is 17.2 Å². The molecule has 1 saturated heterocycles. The van der Waals surface area contributed by atoms with Crippen LogP contribution in [0.4, 0.5) is 5.82 Å². The molecule has 0 spiro atoms. The Kier molecular flexibility index (Phi) is 3.57. The van der Waals surface area contributed by atoms with Crippen molar-refractivity contribution in [2.24, 2.45) is 0 Å². The average molecular weight is 329 g/mol. The Balaban J connectivity index is 1.51. The van der Waals surface area contributed by atoms with E-state index >= 15 is 0 Å². The third-order valence-electron chi connectivity index (χ3n) is 4.19. The van der Waals surface area contributed by atoms with Crippen molar-refractivity contribution in [1.29, 1.82) is 0 Å². The molecular weight excluding hydrogens is 310 g/mol. The number of fused-ring (bicyclic) bond motifs is 1. The van der Waals surface area contributed by atoms with E-state index in [4.69, 9.17) is 4.74 Å². The number of hydrogen-bond donors (Lipinski definition) is 1. The van der Waals surface area contributed by atoms with E-state index in [2.05, 4.69) is 20.4 Å². The molecule has 126 valence electrons. The first kappa shape index (κ1) is 14.9. The number of aromatic nitrogens is 6. The molecule has 0 bridgehead atoms. The molecular formula is C15H19N7O2. The van der Waals surface area contributed by atoms with Crippen molar-refractivity contribution in [2.75, 3.05) is 18.0 Å². The van der Waals surface area contributed by atoms with E-state index in [0.717, 1.165) is 18.2 Å². The van der Waals surface area contributed by atoms with E-state index in [0.29, 0.717) is 24.5 Å². The van der Waals surface area contributed by atoms with Gasteiger partial charge >= 0.3 is 0 Å². The van der Waals surface area contributed by atoms with Crippen molar-refractivity contribution in [1.82, 2.24) is 29.6 Å². The predicted molar refractivity (Wildman–Crippen MR) is 86.1 cm³/mol. The second-order valence-electron chi connectivity index (χ2n) is 5.87. The summed E-state index contributed by atoms with van der Waals surface area (Å²) in [5.74, 6) is 2.16. The van der Waals surface area contributed by atoms with Crippen LogP contribution in [0, 0.1) is 6.92 Å². The number of nitrogens with zero attached hydrogens (tertiary/aromatic N) is 7. The average Bonchev–Trinajstić information content (AvgIpc) is 3.28. The first-order valence-corrected chi connectivity index (χ1v) is 7.95. The summed E-state index contributed by atoms with van der Waals surface area (Å²) in [6.45, 7) is 5.67. The standard InChI is InChI=1S/C15H19N7O2/c1-3-21-7-11(6-16-21)24-13-9-20(8-12(13)23)15-5-4-14-18-17-10(2)22(14)19-15/h4-7,12-13,23H,3,8-9H2,1-2H3/t12-,13-/m1/s1. The Morgan fingerprint density at radius 3 is 2.96 bits per heavy atom. The largest absolute Gasteiger partial charge is 0.482 e. The van der Waals surface area contributed by atoms with Crippen LogP contribution in [0.2, 0.25) is 0 Å². The Morgan fingerprint density at radius 1 is 1.29 bits per heavy atom. The third-order valence-corrected chi connectivity index (χ3v) is 4.19. The van der Waals surface area contributed by atoms with Gasteiger partial charge in [-0.15, -0.1) is 15.3 Å². The molecule has 4 heterocycles. The fraction of sp³-hybridized carbons (Fsp3) is 0.467. The second-order valence-corrected chi connectivity index (χ2v) is 5.87. The summed E-state index contributed by atoms with van der Waals surface area (Å²) in [4.78, 5) is 2.00. The minimum atomic E-state index is -0.588. The summed E-state index contributed by atoms with van der Waals surface area (Å²) >= 11 is 0. The molecule has 0 aromatic carbocycles. The molecule has 1 fully saturated rings. The van der Waals surface area contributed by atoms with E-state index in [-0.39, 0.29) is 6.10 Å². The SMILES string of the molecule is CCn1cc(O[C@@H]2CN(c3ccc4nnc(C)n4n3)C[C@H]2O)cn1. The first-order chi connectivity index (χ1) is 11.6. The molecule has 2 atom stereocenters. The number of aliphatic hydroxyl groups is 1. The lowest BCUT2D eigenvalue weighted by atomic mass is 10.3.